The van der Waals surface area contributed by atoms with Gasteiger partial charge in [0.05, 0.1) is 6.54 Å². The second-order valence-corrected chi connectivity index (χ2v) is 4.63. The van der Waals surface area contributed by atoms with Crippen LogP contribution < -0.4 is 5.69 Å². The van der Waals surface area contributed by atoms with Crippen molar-refractivity contribution in [2.24, 2.45) is 0 Å². The number of pyridine rings is 1. The van der Waals surface area contributed by atoms with Crippen LogP contribution in [0.1, 0.15) is 29.9 Å². The van der Waals surface area contributed by atoms with Crippen molar-refractivity contribution in [3.05, 3.63) is 45.9 Å². The van der Waals surface area contributed by atoms with Crippen molar-refractivity contribution in [3.63, 3.8) is 0 Å². The molecule has 6 nitrogen and oxygen atoms in total. The number of aromatic nitrogens is 4. The highest BCUT2D eigenvalue weighted by Gasteiger charge is 2.16. The molecule has 0 fully saturated rings. The fourth-order valence-corrected chi connectivity index (χ4v) is 2.36. The molecule has 3 heterocycles. The molecule has 19 heavy (non-hydrogen) atoms. The number of aryl methyl sites for hydroxylation is 1. The molecule has 2 aromatic rings. The summed E-state index contributed by atoms with van der Waals surface area (Å²) in [4.78, 5) is 16.1. The zero-order valence-electron chi connectivity index (χ0n) is 10.4. The highest BCUT2D eigenvalue weighted by atomic mass is 16.2. The summed E-state index contributed by atoms with van der Waals surface area (Å²) in [5, 5.41) is 13.2. The van der Waals surface area contributed by atoms with Crippen molar-refractivity contribution >= 4 is 0 Å². The molecule has 0 bridgehead atoms. The third kappa shape index (κ3) is 2.15. The van der Waals surface area contributed by atoms with Crippen LogP contribution in [0.25, 0.3) is 0 Å². The van der Waals surface area contributed by atoms with Crippen molar-refractivity contribution in [2.45, 2.75) is 32.4 Å². The number of nitriles is 1. The van der Waals surface area contributed by atoms with E-state index >= 15 is 0 Å². The van der Waals surface area contributed by atoms with E-state index in [9.17, 15) is 4.79 Å². The van der Waals surface area contributed by atoms with E-state index in [1.165, 1.54) is 4.68 Å². The van der Waals surface area contributed by atoms with Crippen LogP contribution in [0.4, 0.5) is 0 Å². The van der Waals surface area contributed by atoms with Crippen LogP contribution in [0.5, 0.6) is 0 Å². The molecule has 0 atom stereocenters. The predicted octanol–water partition coefficient (Wildman–Crippen LogP) is 0.696. The smallest absolute Gasteiger partial charge is 0.279 e. The molecule has 0 saturated carbocycles. The van der Waals surface area contributed by atoms with Gasteiger partial charge in [0.1, 0.15) is 17.6 Å². The van der Waals surface area contributed by atoms with Crippen molar-refractivity contribution in [2.75, 3.05) is 0 Å². The predicted molar refractivity (Wildman–Crippen MR) is 67.5 cm³/mol. The number of fused-ring (bicyclic) bond motifs is 1. The highest BCUT2D eigenvalue weighted by Crippen LogP contribution is 2.10. The van der Waals surface area contributed by atoms with Crippen LogP contribution >= 0.6 is 0 Å². The fourth-order valence-electron chi connectivity index (χ4n) is 2.36. The quantitative estimate of drug-likeness (QED) is 0.791. The average Bonchev–Trinajstić information content (AvgIpc) is 2.76. The second kappa shape index (κ2) is 4.69. The molecule has 3 rings (SSSR count). The molecule has 0 spiro atoms. The maximum atomic E-state index is 12.2. The molecule has 1 aliphatic heterocycles. The second-order valence-electron chi connectivity index (χ2n) is 4.63. The molecule has 0 N–H and O–H groups in total. The van der Waals surface area contributed by atoms with E-state index in [0.29, 0.717) is 12.2 Å². The van der Waals surface area contributed by atoms with Crippen molar-refractivity contribution < 1.29 is 0 Å². The molecule has 0 saturated heterocycles. The van der Waals surface area contributed by atoms with Gasteiger partial charge in [-0.1, -0.05) is 0 Å². The molecule has 0 amide bonds. The van der Waals surface area contributed by atoms with Gasteiger partial charge in [-0.25, -0.2) is 14.5 Å². The molecule has 2 aromatic heterocycles. The van der Waals surface area contributed by atoms with Gasteiger partial charge in [0.15, 0.2) is 0 Å². The van der Waals surface area contributed by atoms with E-state index in [0.717, 1.165) is 37.2 Å². The van der Waals surface area contributed by atoms with Gasteiger partial charge in [0.2, 0.25) is 0 Å². The first-order chi connectivity index (χ1) is 9.28. The third-order valence-corrected chi connectivity index (χ3v) is 3.30. The van der Waals surface area contributed by atoms with E-state index < -0.39 is 0 Å². The molecule has 0 aromatic carbocycles. The van der Waals surface area contributed by atoms with E-state index in [4.69, 9.17) is 5.26 Å². The van der Waals surface area contributed by atoms with Gasteiger partial charge in [0.25, 0.3) is 0 Å². The zero-order chi connectivity index (χ0) is 13.2. The van der Waals surface area contributed by atoms with Crippen molar-refractivity contribution in [3.8, 4) is 6.07 Å². The van der Waals surface area contributed by atoms with Gasteiger partial charge < -0.3 is 0 Å². The van der Waals surface area contributed by atoms with E-state index in [1.807, 2.05) is 6.07 Å². The summed E-state index contributed by atoms with van der Waals surface area (Å²) in [6, 6.07) is 5.48. The summed E-state index contributed by atoms with van der Waals surface area (Å²) in [5.74, 6) is 0.866. The highest BCUT2D eigenvalue weighted by molar-refractivity contribution is 5.25. The summed E-state index contributed by atoms with van der Waals surface area (Å²) < 4.78 is 3.22. The Morgan fingerprint density at radius 2 is 2.32 bits per heavy atom. The van der Waals surface area contributed by atoms with Crippen LogP contribution in [0.2, 0.25) is 0 Å². The molecular weight excluding hydrogens is 242 g/mol. The standard InChI is InChI=1S/C13H13N5O/c14-8-11-7-10(4-5-15-11)9-18-13(19)17-6-2-1-3-12(17)16-18/h4-5,7H,1-3,6,9H2. The lowest BCUT2D eigenvalue weighted by molar-refractivity contribution is 0.511. The molecule has 1 aliphatic rings. The molecule has 96 valence electrons. The maximum absolute atomic E-state index is 12.2. The lowest BCUT2D eigenvalue weighted by atomic mass is 10.2. The molecular formula is C13H13N5O. The summed E-state index contributed by atoms with van der Waals surface area (Å²) in [7, 11) is 0. The largest absolute Gasteiger partial charge is 0.346 e. The van der Waals surface area contributed by atoms with E-state index in [-0.39, 0.29) is 5.69 Å². The minimum absolute atomic E-state index is 0.0648. The Hall–Kier alpha value is -2.42. The number of nitrogens with zero attached hydrogens (tertiary/aromatic N) is 5. The summed E-state index contributed by atoms with van der Waals surface area (Å²) in [5.41, 5.74) is 1.16. The van der Waals surface area contributed by atoms with E-state index in [1.54, 1.807) is 22.9 Å². The Kier molecular flexibility index (Phi) is 2.88. The van der Waals surface area contributed by atoms with Gasteiger partial charge >= 0.3 is 5.69 Å². The Bertz CT molecular complexity index is 707. The zero-order valence-corrected chi connectivity index (χ0v) is 10.4. The summed E-state index contributed by atoms with van der Waals surface area (Å²) in [6.45, 7) is 1.14. The van der Waals surface area contributed by atoms with Crippen LogP contribution in [-0.4, -0.2) is 19.3 Å². The van der Waals surface area contributed by atoms with Crippen LogP contribution in [-0.2, 0) is 19.5 Å². The monoisotopic (exact) mass is 255 g/mol. The molecule has 0 radical (unpaired) electrons. The van der Waals surface area contributed by atoms with Crippen molar-refractivity contribution in [1.29, 1.82) is 5.26 Å². The SMILES string of the molecule is N#Cc1cc(Cn2nc3n(c2=O)CCCC3)ccn1. The van der Waals surface area contributed by atoms with Crippen LogP contribution in [0.3, 0.4) is 0 Å². The Morgan fingerprint density at radius 3 is 3.11 bits per heavy atom. The first-order valence-electron chi connectivity index (χ1n) is 6.29. The lowest BCUT2D eigenvalue weighted by Gasteiger charge is -2.09. The number of hydrogen-bond donors (Lipinski definition) is 0. The summed E-state index contributed by atoms with van der Waals surface area (Å²) >= 11 is 0. The average molecular weight is 255 g/mol. The molecule has 0 aliphatic carbocycles. The van der Waals surface area contributed by atoms with Crippen molar-refractivity contribution in [1.82, 2.24) is 19.3 Å². The fraction of sp³-hybridized carbons (Fsp3) is 0.385. The Morgan fingerprint density at radius 1 is 1.42 bits per heavy atom. The number of rotatable bonds is 2. The minimum atomic E-state index is -0.0648. The molecule has 6 heteroatoms. The molecule has 0 unspecified atom stereocenters. The van der Waals surface area contributed by atoms with Gasteiger partial charge in [0, 0.05) is 19.2 Å². The van der Waals surface area contributed by atoms with Crippen LogP contribution in [0.15, 0.2) is 23.1 Å². The first-order valence-corrected chi connectivity index (χ1v) is 6.29. The van der Waals surface area contributed by atoms with Gasteiger partial charge in [-0.15, -0.1) is 0 Å². The number of hydrogen-bond acceptors (Lipinski definition) is 4. The topological polar surface area (TPSA) is 76.5 Å². The van der Waals surface area contributed by atoms with Gasteiger partial charge in [-0.3, -0.25) is 4.57 Å². The van der Waals surface area contributed by atoms with Gasteiger partial charge in [-0.05, 0) is 30.5 Å². The summed E-state index contributed by atoms with van der Waals surface area (Å²) in [6.07, 6.45) is 4.56. The first kappa shape index (κ1) is 11.7. The Labute approximate surface area is 109 Å². The van der Waals surface area contributed by atoms with E-state index in [2.05, 4.69) is 10.1 Å². The third-order valence-electron chi connectivity index (χ3n) is 3.30. The van der Waals surface area contributed by atoms with Gasteiger partial charge in [-0.2, -0.15) is 10.4 Å². The Balaban J connectivity index is 1.93. The normalized spacial score (nSPS) is 13.8. The van der Waals surface area contributed by atoms with Crippen LogP contribution in [0, 0.1) is 11.3 Å². The minimum Gasteiger partial charge on any atom is -0.279 e. The maximum Gasteiger partial charge on any atom is 0.346 e. The lowest BCUT2D eigenvalue weighted by Crippen LogP contribution is -2.27.